The number of fused-ring (bicyclic) bond motifs is 5. The first kappa shape index (κ1) is 25.1. The third kappa shape index (κ3) is 4.40. The number of carbonyl (C=O) groups is 2. The third-order valence-corrected chi connectivity index (χ3v) is 11.3. The molecular formula is C26H38F3NO2S. The number of amides is 1. The summed E-state index contributed by atoms with van der Waals surface area (Å²) in [4.78, 5) is 24.7. The van der Waals surface area contributed by atoms with Crippen LogP contribution in [0.25, 0.3) is 0 Å². The summed E-state index contributed by atoms with van der Waals surface area (Å²) in [7, 11) is 1.22. The number of ketones is 1. The van der Waals surface area contributed by atoms with Gasteiger partial charge in [0.1, 0.15) is 5.78 Å². The van der Waals surface area contributed by atoms with Crippen molar-refractivity contribution in [1.29, 1.82) is 0 Å². The highest BCUT2D eigenvalue weighted by Gasteiger charge is 2.60. The lowest BCUT2D eigenvalue weighted by molar-refractivity contribution is -0.184. The molecule has 2 unspecified atom stereocenters. The van der Waals surface area contributed by atoms with Gasteiger partial charge in [-0.15, -0.1) is 0 Å². The van der Waals surface area contributed by atoms with E-state index in [1.54, 1.807) is 0 Å². The summed E-state index contributed by atoms with van der Waals surface area (Å²) >= 11 is 1.85. The van der Waals surface area contributed by atoms with Gasteiger partial charge in [-0.2, -0.15) is 24.9 Å². The Balaban J connectivity index is 1.33. The highest BCUT2D eigenvalue weighted by Crippen LogP contribution is 2.66. The first-order valence-corrected chi connectivity index (χ1v) is 13.6. The first-order valence-electron chi connectivity index (χ1n) is 12.5. The predicted octanol–water partition coefficient (Wildman–Crippen LogP) is 6.28. The molecule has 3 nitrogen and oxygen atoms in total. The van der Waals surface area contributed by atoms with E-state index in [4.69, 9.17) is 0 Å². The molecule has 0 bridgehead atoms. The largest absolute Gasteiger partial charge is 0.471 e. The van der Waals surface area contributed by atoms with Crippen molar-refractivity contribution in [3.8, 4) is 0 Å². The highest BCUT2D eigenvalue weighted by molar-refractivity contribution is 7.99. The minimum absolute atomic E-state index is 0.113. The molecular weight excluding hydrogens is 447 g/mol. The van der Waals surface area contributed by atoms with E-state index in [0.717, 1.165) is 55.6 Å². The van der Waals surface area contributed by atoms with Crippen molar-refractivity contribution < 1.29 is 22.8 Å². The number of thioether (sulfide) groups is 1. The summed E-state index contributed by atoms with van der Waals surface area (Å²) in [5.41, 5.74) is 1.50. The summed E-state index contributed by atoms with van der Waals surface area (Å²) in [6, 6.07) is 0. The summed E-state index contributed by atoms with van der Waals surface area (Å²) in [6.45, 7) is 9.36. The zero-order valence-corrected chi connectivity index (χ0v) is 21.0. The van der Waals surface area contributed by atoms with Crippen molar-refractivity contribution in [3.63, 3.8) is 0 Å². The van der Waals surface area contributed by atoms with Gasteiger partial charge in [-0.1, -0.05) is 26.0 Å². The van der Waals surface area contributed by atoms with E-state index in [2.05, 4.69) is 20.4 Å². The second-order valence-electron chi connectivity index (χ2n) is 11.6. The fourth-order valence-electron chi connectivity index (χ4n) is 8.00. The Hall–Kier alpha value is -0.980. The van der Waals surface area contributed by atoms with Crippen molar-refractivity contribution >= 4 is 23.5 Å². The molecule has 4 aliphatic carbocycles. The van der Waals surface area contributed by atoms with Gasteiger partial charge < -0.3 is 4.90 Å². The molecule has 0 heterocycles. The van der Waals surface area contributed by atoms with Crippen LogP contribution in [-0.4, -0.2) is 47.4 Å². The van der Waals surface area contributed by atoms with E-state index in [0.29, 0.717) is 41.1 Å². The van der Waals surface area contributed by atoms with Crippen LogP contribution in [0.4, 0.5) is 13.2 Å². The SMILES string of the molecule is C=C1C[C@@H]2[C@@H](CC[C@]3(C)C(=O)CC[C@@H]23)[C@@]2(C)CCC(SCCCN(C)C(=O)C(F)(F)F)CC12. The van der Waals surface area contributed by atoms with Crippen LogP contribution < -0.4 is 0 Å². The number of allylic oxidation sites excluding steroid dienone is 1. The summed E-state index contributed by atoms with van der Waals surface area (Å²) in [5.74, 6) is 1.76. The number of Topliss-reactive ketones (excluding diaryl/α,β-unsaturated/α-hetero) is 1. The summed E-state index contributed by atoms with van der Waals surface area (Å²) in [6.07, 6.45) is 4.22. The zero-order valence-electron chi connectivity index (χ0n) is 20.2. The predicted molar refractivity (Wildman–Crippen MR) is 126 cm³/mol. The van der Waals surface area contributed by atoms with Gasteiger partial charge in [0.05, 0.1) is 0 Å². The van der Waals surface area contributed by atoms with Gasteiger partial charge in [0, 0.05) is 30.7 Å². The number of nitrogens with zero attached hydrogens (tertiary/aromatic N) is 1. The number of hydrogen-bond acceptors (Lipinski definition) is 3. The molecule has 186 valence electrons. The molecule has 0 N–H and O–H groups in total. The van der Waals surface area contributed by atoms with Gasteiger partial charge in [0.15, 0.2) is 0 Å². The van der Waals surface area contributed by atoms with Crippen LogP contribution in [0.3, 0.4) is 0 Å². The van der Waals surface area contributed by atoms with Crippen LogP contribution in [-0.2, 0) is 9.59 Å². The molecule has 1 amide bonds. The molecule has 4 rings (SSSR count). The molecule has 4 aliphatic rings. The van der Waals surface area contributed by atoms with E-state index in [1.165, 1.54) is 19.0 Å². The average molecular weight is 486 g/mol. The number of alkyl halides is 3. The normalized spacial score (nSPS) is 40.7. The van der Waals surface area contributed by atoms with E-state index >= 15 is 0 Å². The number of hydrogen-bond donors (Lipinski definition) is 0. The first-order chi connectivity index (χ1) is 15.4. The standard InChI is InChI=1S/C26H38F3NO2S/c1-16-14-18-19-6-7-22(31)25(19,3)11-9-20(18)24(2)10-8-17(15-21(16)24)33-13-5-12-30(4)23(32)26(27,28)29/h17-21H,1,5-15H2,2-4H3/t17?,18-,19-,20+,21?,24+,25-/m0/s1. The van der Waals surface area contributed by atoms with Gasteiger partial charge in [0.25, 0.3) is 0 Å². The molecule has 4 fully saturated rings. The summed E-state index contributed by atoms with van der Waals surface area (Å²) in [5, 5.41) is 0.502. The van der Waals surface area contributed by atoms with Crippen molar-refractivity contribution in [3.05, 3.63) is 12.2 Å². The molecule has 0 aromatic heterocycles. The van der Waals surface area contributed by atoms with Gasteiger partial charge in [-0.25, -0.2) is 0 Å². The van der Waals surface area contributed by atoms with Crippen LogP contribution >= 0.6 is 11.8 Å². The molecule has 0 spiro atoms. The molecule has 0 radical (unpaired) electrons. The van der Waals surface area contributed by atoms with Crippen LogP contribution in [0.15, 0.2) is 12.2 Å². The Kier molecular flexibility index (Phi) is 6.78. The van der Waals surface area contributed by atoms with Crippen molar-refractivity contribution in [2.24, 2.45) is 34.5 Å². The lowest BCUT2D eigenvalue weighted by Gasteiger charge is -2.61. The monoisotopic (exact) mass is 485 g/mol. The number of rotatable bonds is 5. The Morgan fingerprint density at radius 3 is 2.61 bits per heavy atom. The van der Waals surface area contributed by atoms with Crippen LogP contribution in [0.1, 0.15) is 71.6 Å². The lowest BCUT2D eigenvalue weighted by atomic mass is 9.44. The average Bonchev–Trinajstić information content (AvgIpc) is 3.05. The van der Waals surface area contributed by atoms with E-state index in [9.17, 15) is 22.8 Å². The van der Waals surface area contributed by atoms with Crippen LogP contribution in [0.2, 0.25) is 0 Å². The zero-order chi connectivity index (χ0) is 24.2. The number of halogens is 3. The molecule has 0 saturated heterocycles. The Morgan fingerprint density at radius 2 is 1.91 bits per heavy atom. The fourth-order valence-corrected chi connectivity index (χ4v) is 9.24. The van der Waals surface area contributed by atoms with Gasteiger partial charge in [-0.05, 0) is 86.2 Å². The van der Waals surface area contributed by atoms with Gasteiger partial charge >= 0.3 is 12.1 Å². The maximum atomic E-state index is 12.6. The second-order valence-corrected chi connectivity index (χ2v) is 13.0. The highest BCUT2D eigenvalue weighted by atomic mass is 32.2. The lowest BCUT2D eigenvalue weighted by Crippen LogP contribution is -2.54. The Labute approximate surface area is 200 Å². The topological polar surface area (TPSA) is 37.4 Å². The molecule has 4 saturated carbocycles. The van der Waals surface area contributed by atoms with Crippen molar-refractivity contribution in [1.82, 2.24) is 4.90 Å². The van der Waals surface area contributed by atoms with E-state index in [-0.39, 0.29) is 17.4 Å². The second kappa shape index (κ2) is 8.91. The van der Waals surface area contributed by atoms with Gasteiger partial charge in [0.2, 0.25) is 0 Å². The molecule has 33 heavy (non-hydrogen) atoms. The van der Waals surface area contributed by atoms with Gasteiger partial charge in [-0.3, -0.25) is 9.59 Å². The van der Waals surface area contributed by atoms with Crippen molar-refractivity contribution in [2.75, 3.05) is 19.3 Å². The minimum Gasteiger partial charge on any atom is -0.338 e. The Morgan fingerprint density at radius 1 is 1.18 bits per heavy atom. The Bertz CT molecular complexity index is 814. The smallest absolute Gasteiger partial charge is 0.338 e. The molecule has 7 atom stereocenters. The molecule has 0 aromatic rings. The maximum Gasteiger partial charge on any atom is 0.471 e. The molecule has 7 heteroatoms. The van der Waals surface area contributed by atoms with Crippen LogP contribution in [0.5, 0.6) is 0 Å². The fraction of sp³-hybridized carbons (Fsp3) is 0.846. The maximum absolute atomic E-state index is 12.6. The quantitative estimate of drug-likeness (QED) is 0.340. The van der Waals surface area contributed by atoms with Crippen LogP contribution in [0, 0.1) is 34.5 Å². The molecule has 0 aromatic carbocycles. The summed E-state index contributed by atoms with van der Waals surface area (Å²) < 4.78 is 37.6. The third-order valence-electron chi connectivity index (χ3n) is 9.86. The van der Waals surface area contributed by atoms with E-state index in [1.807, 2.05) is 11.8 Å². The minimum atomic E-state index is -4.79. The molecule has 0 aliphatic heterocycles. The van der Waals surface area contributed by atoms with E-state index < -0.39 is 12.1 Å². The number of carbonyl (C=O) groups excluding carboxylic acids is 2. The van der Waals surface area contributed by atoms with Crippen molar-refractivity contribution in [2.45, 2.75) is 83.1 Å².